The maximum Gasteiger partial charge on any atom is 0.416 e. The fourth-order valence-corrected chi connectivity index (χ4v) is 1.54. The minimum Gasteiger partial charge on any atom is -0.377 e. The van der Waals surface area contributed by atoms with E-state index in [0.29, 0.717) is 6.08 Å². The minimum atomic E-state index is -4.84. The van der Waals surface area contributed by atoms with Gasteiger partial charge in [-0.15, -0.1) is 0 Å². The van der Waals surface area contributed by atoms with Crippen molar-refractivity contribution in [2.75, 3.05) is 7.11 Å². The Balaban J connectivity index is 3.26. The lowest BCUT2D eigenvalue weighted by atomic mass is 10.1. The zero-order valence-corrected chi connectivity index (χ0v) is 10.2. The number of hydrogen-bond donors (Lipinski definition) is 0. The van der Waals surface area contributed by atoms with Gasteiger partial charge in [-0.25, -0.2) is 0 Å². The molecule has 1 atom stereocenters. The molecule has 1 aliphatic rings. The lowest BCUT2D eigenvalue weighted by molar-refractivity contribution is -0.0963. The molecular weight excluding hydrogens is 274 g/mol. The molecule has 0 saturated heterocycles. The first-order valence-electron chi connectivity index (χ1n) is 5.35. The maximum atomic E-state index is 12.7. The van der Waals surface area contributed by atoms with Gasteiger partial charge in [0.2, 0.25) is 0 Å². The van der Waals surface area contributed by atoms with E-state index >= 15 is 0 Å². The van der Waals surface area contributed by atoms with Crippen molar-refractivity contribution in [3.8, 4) is 0 Å². The lowest BCUT2D eigenvalue weighted by Crippen LogP contribution is -2.15. The predicted octanol–water partition coefficient (Wildman–Crippen LogP) is 4.33. The highest BCUT2D eigenvalue weighted by Gasteiger charge is 2.39. The van der Waals surface area contributed by atoms with Crippen LogP contribution in [0.25, 0.3) is 0 Å². The van der Waals surface area contributed by atoms with Crippen LogP contribution in [0, 0.1) is 0 Å². The third kappa shape index (κ3) is 4.12. The van der Waals surface area contributed by atoms with Gasteiger partial charge in [0.1, 0.15) is 0 Å². The van der Waals surface area contributed by atoms with Crippen molar-refractivity contribution in [3.05, 3.63) is 34.9 Å². The molecule has 0 bridgehead atoms. The fourth-order valence-electron chi connectivity index (χ4n) is 1.54. The average molecular weight is 286 g/mol. The summed E-state index contributed by atoms with van der Waals surface area (Å²) in [6.45, 7) is 1.47. The van der Waals surface area contributed by atoms with E-state index in [1.54, 1.807) is 0 Å². The molecule has 19 heavy (non-hydrogen) atoms. The molecular formula is C12H12F6O. The van der Waals surface area contributed by atoms with Crippen molar-refractivity contribution in [2.45, 2.75) is 31.8 Å². The normalized spacial score (nSPS) is 19.3. The standard InChI is InChI=1S/C12H12F6O/c1-7(19-2)8-3-4-9(11(13,14)15)6-10(5-8)12(16,17)18/h3,5-7H,4H2,1-2H3. The summed E-state index contributed by atoms with van der Waals surface area (Å²) in [5.74, 6) is 0. The van der Waals surface area contributed by atoms with Gasteiger partial charge in [0.15, 0.2) is 0 Å². The Morgan fingerprint density at radius 2 is 1.63 bits per heavy atom. The monoisotopic (exact) mass is 286 g/mol. The van der Waals surface area contributed by atoms with Crippen LogP contribution in [0.2, 0.25) is 0 Å². The predicted molar refractivity (Wildman–Crippen MR) is 57.4 cm³/mol. The molecule has 108 valence electrons. The van der Waals surface area contributed by atoms with E-state index in [0.717, 1.165) is 6.08 Å². The molecule has 1 nitrogen and oxygen atoms in total. The fraction of sp³-hybridized carbons (Fsp3) is 0.500. The number of ether oxygens (including phenoxy) is 1. The molecule has 0 saturated carbocycles. The van der Waals surface area contributed by atoms with Gasteiger partial charge in [0, 0.05) is 12.7 Å². The van der Waals surface area contributed by atoms with Gasteiger partial charge in [-0.3, -0.25) is 0 Å². The summed E-state index contributed by atoms with van der Waals surface area (Å²) in [5.41, 5.74) is -2.48. The van der Waals surface area contributed by atoms with Crippen molar-refractivity contribution in [1.82, 2.24) is 0 Å². The minimum absolute atomic E-state index is 0.0744. The Morgan fingerprint density at radius 3 is 2.05 bits per heavy atom. The topological polar surface area (TPSA) is 9.23 Å². The van der Waals surface area contributed by atoms with E-state index in [1.807, 2.05) is 0 Å². The molecule has 1 rings (SSSR count). The van der Waals surface area contributed by atoms with Crippen LogP contribution in [0.15, 0.2) is 34.9 Å². The number of methoxy groups -OCH3 is 1. The van der Waals surface area contributed by atoms with Crippen LogP contribution >= 0.6 is 0 Å². The first-order chi connectivity index (χ1) is 8.55. The van der Waals surface area contributed by atoms with E-state index in [4.69, 9.17) is 4.74 Å². The molecule has 0 heterocycles. The molecule has 1 aliphatic carbocycles. The molecule has 0 aromatic heterocycles. The lowest BCUT2D eigenvalue weighted by Gasteiger charge is -2.13. The second-order valence-electron chi connectivity index (χ2n) is 4.05. The van der Waals surface area contributed by atoms with E-state index in [9.17, 15) is 26.3 Å². The molecule has 0 aliphatic heterocycles. The largest absolute Gasteiger partial charge is 0.416 e. The van der Waals surface area contributed by atoms with Crippen molar-refractivity contribution < 1.29 is 31.1 Å². The highest BCUT2D eigenvalue weighted by atomic mass is 19.4. The molecule has 0 aromatic carbocycles. The van der Waals surface area contributed by atoms with Gasteiger partial charge in [-0.1, -0.05) is 6.08 Å². The number of rotatable bonds is 2. The molecule has 7 heteroatoms. The van der Waals surface area contributed by atoms with Crippen LogP contribution in [0.1, 0.15) is 13.3 Å². The maximum absolute atomic E-state index is 12.7. The van der Waals surface area contributed by atoms with Crippen LogP contribution in [0.3, 0.4) is 0 Å². The van der Waals surface area contributed by atoms with Crippen molar-refractivity contribution in [2.24, 2.45) is 0 Å². The smallest absolute Gasteiger partial charge is 0.377 e. The average Bonchev–Trinajstić information content (AvgIpc) is 2.49. The third-order valence-corrected chi connectivity index (χ3v) is 2.72. The summed E-state index contributed by atoms with van der Waals surface area (Å²) in [4.78, 5) is 0. The van der Waals surface area contributed by atoms with E-state index in [-0.39, 0.29) is 11.6 Å². The van der Waals surface area contributed by atoms with E-state index in [1.165, 1.54) is 14.0 Å². The number of hydrogen-bond acceptors (Lipinski definition) is 1. The highest BCUT2D eigenvalue weighted by Crippen LogP contribution is 2.37. The van der Waals surface area contributed by atoms with E-state index < -0.39 is 36.0 Å². The van der Waals surface area contributed by atoms with Crippen LogP contribution in [-0.4, -0.2) is 25.6 Å². The summed E-state index contributed by atoms with van der Waals surface area (Å²) >= 11 is 0. The SMILES string of the molecule is COC(C)C1=CCC(C(F)(F)F)=CC(C(F)(F)F)=C1. The second kappa shape index (κ2) is 5.40. The van der Waals surface area contributed by atoms with E-state index in [2.05, 4.69) is 0 Å². The summed E-state index contributed by atoms with van der Waals surface area (Å²) in [6.07, 6.45) is -9.01. The van der Waals surface area contributed by atoms with Crippen molar-refractivity contribution in [1.29, 1.82) is 0 Å². The van der Waals surface area contributed by atoms with Gasteiger partial charge in [0.25, 0.3) is 0 Å². The number of allylic oxidation sites excluding steroid dienone is 4. The van der Waals surface area contributed by atoms with Crippen LogP contribution < -0.4 is 0 Å². The zero-order valence-electron chi connectivity index (χ0n) is 10.2. The molecule has 0 N–H and O–H groups in total. The van der Waals surface area contributed by atoms with Crippen LogP contribution in [-0.2, 0) is 4.74 Å². The molecule has 0 fully saturated rings. The first-order valence-corrected chi connectivity index (χ1v) is 5.35. The molecule has 1 unspecified atom stereocenters. The number of alkyl halides is 6. The number of halogens is 6. The Kier molecular flexibility index (Phi) is 4.50. The summed E-state index contributed by atoms with van der Waals surface area (Å²) in [7, 11) is 1.27. The highest BCUT2D eigenvalue weighted by molar-refractivity contribution is 5.41. The second-order valence-corrected chi connectivity index (χ2v) is 4.05. The molecule has 0 spiro atoms. The Hall–Kier alpha value is -1.24. The zero-order chi connectivity index (χ0) is 14.8. The molecule has 0 radical (unpaired) electrons. The van der Waals surface area contributed by atoms with Gasteiger partial charge in [-0.05, 0) is 31.1 Å². The summed E-state index contributed by atoms with van der Waals surface area (Å²) in [5, 5.41) is 0. The van der Waals surface area contributed by atoms with Crippen LogP contribution in [0.4, 0.5) is 26.3 Å². The Bertz CT molecular complexity index is 424. The quantitative estimate of drug-likeness (QED) is 0.687. The van der Waals surface area contributed by atoms with Crippen LogP contribution in [0.5, 0.6) is 0 Å². The van der Waals surface area contributed by atoms with Gasteiger partial charge >= 0.3 is 12.4 Å². The third-order valence-electron chi connectivity index (χ3n) is 2.72. The van der Waals surface area contributed by atoms with Gasteiger partial charge < -0.3 is 4.74 Å². The Morgan fingerprint density at radius 1 is 1.05 bits per heavy atom. The summed E-state index contributed by atoms with van der Waals surface area (Å²) in [6, 6.07) is 0. The molecule has 0 aromatic rings. The van der Waals surface area contributed by atoms with Gasteiger partial charge in [0.05, 0.1) is 11.7 Å². The summed E-state index contributed by atoms with van der Waals surface area (Å²) < 4.78 is 80.6. The van der Waals surface area contributed by atoms with Crippen molar-refractivity contribution in [3.63, 3.8) is 0 Å². The molecule has 0 amide bonds. The van der Waals surface area contributed by atoms with Gasteiger partial charge in [-0.2, -0.15) is 26.3 Å². The first kappa shape index (κ1) is 15.8. The van der Waals surface area contributed by atoms with Crippen molar-refractivity contribution >= 4 is 0 Å². The Labute approximate surface area is 106 Å².